The molecule has 4 rings (SSSR count). The van der Waals surface area contributed by atoms with Gasteiger partial charge in [0.05, 0.1) is 23.2 Å². The first kappa shape index (κ1) is 20.8. The van der Waals surface area contributed by atoms with Gasteiger partial charge in [-0.2, -0.15) is 0 Å². The average molecular weight is 421 g/mol. The van der Waals surface area contributed by atoms with Crippen LogP contribution in [0.1, 0.15) is 47.2 Å². The van der Waals surface area contributed by atoms with E-state index in [1.165, 1.54) is 5.56 Å². The van der Waals surface area contributed by atoms with Gasteiger partial charge < -0.3 is 10.4 Å². The Kier molecular flexibility index (Phi) is 6.60. The zero-order valence-electron chi connectivity index (χ0n) is 17.3. The smallest absolute Gasteiger partial charge is 0.230 e. The Labute approximate surface area is 182 Å². The molecule has 30 heavy (non-hydrogen) atoms. The first-order chi connectivity index (χ1) is 14.6. The van der Waals surface area contributed by atoms with E-state index in [-0.39, 0.29) is 12.0 Å². The Morgan fingerprint density at radius 2 is 1.93 bits per heavy atom. The molecule has 0 radical (unpaired) electrons. The van der Waals surface area contributed by atoms with Crippen molar-refractivity contribution in [2.45, 2.75) is 45.1 Å². The molecule has 1 saturated carbocycles. The van der Waals surface area contributed by atoms with Gasteiger partial charge in [-0.15, -0.1) is 11.3 Å². The number of amides is 1. The number of hydrogen-bond donors (Lipinski definition) is 2. The van der Waals surface area contributed by atoms with Gasteiger partial charge in [0.25, 0.3) is 0 Å². The lowest BCUT2D eigenvalue weighted by molar-refractivity contribution is -0.115. The number of carbonyl (C=O) groups is 1. The van der Waals surface area contributed by atoms with Crippen molar-refractivity contribution in [1.29, 1.82) is 0 Å². The summed E-state index contributed by atoms with van der Waals surface area (Å²) < 4.78 is 0. The Morgan fingerprint density at radius 3 is 2.63 bits per heavy atom. The van der Waals surface area contributed by atoms with Gasteiger partial charge in [0.1, 0.15) is 0 Å². The number of anilines is 1. The molecule has 3 aromatic rings. The first-order valence-electron chi connectivity index (χ1n) is 10.6. The van der Waals surface area contributed by atoms with Gasteiger partial charge in [0.15, 0.2) is 0 Å². The molecule has 5 heteroatoms. The van der Waals surface area contributed by atoms with E-state index in [9.17, 15) is 9.90 Å². The summed E-state index contributed by atoms with van der Waals surface area (Å²) in [6, 6.07) is 18.1. The van der Waals surface area contributed by atoms with Gasteiger partial charge in [-0.3, -0.25) is 4.79 Å². The van der Waals surface area contributed by atoms with Gasteiger partial charge in [-0.1, -0.05) is 42.5 Å². The Balaban J connectivity index is 1.27. The molecule has 3 atom stereocenters. The highest BCUT2D eigenvalue weighted by atomic mass is 32.1. The molecule has 0 spiro atoms. The zero-order chi connectivity index (χ0) is 20.9. The predicted molar refractivity (Wildman–Crippen MR) is 122 cm³/mol. The first-order valence-corrected chi connectivity index (χ1v) is 11.5. The van der Waals surface area contributed by atoms with Gasteiger partial charge in [-0.25, -0.2) is 4.98 Å². The van der Waals surface area contributed by atoms with Gasteiger partial charge in [0.2, 0.25) is 5.91 Å². The number of carbonyl (C=O) groups excluding carboxylic acids is 1. The van der Waals surface area contributed by atoms with Gasteiger partial charge in [0, 0.05) is 11.1 Å². The molecule has 0 unspecified atom stereocenters. The highest BCUT2D eigenvalue weighted by Crippen LogP contribution is 2.40. The summed E-state index contributed by atoms with van der Waals surface area (Å²) >= 11 is 1.56. The van der Waals surface area contributed by atoms with Crippen LogP contribution < -0.4 is 5.32 Å². The standard InChI is InChI=1S/C25H28N2O2S/c1-17-26-23(16-30-17)15-24(28)27-22-11-8-18(9-12-22)13-19-7-10-21(14-19)25(29)20-5-3-2-4-6-20/h2-6,8-9,11-12,16,19,21,25,29H,7,10,13-15H2,1H3,(H,27,28)/t19-,21-,25+/m0/s1. The van der Waals surface area contributed by atoms with Crippen molar-refractivity contribution in [3.63, 3.8) is 0 Å². The molecule has 1 heterocycles. The lowest BCUT2D eigenvalue weighted by Crippen LogP contribution is -2.14. The molecule has 156 valence electrons. The number of aromatic nitrogens is 1. The quantitative estimate of drug-likeness (QED) is 0.543. The van der Waals surface area contributed by atoms with Crippen LogP contribution >= 0.6 is 11.3 Å². The number of nitrogens with zero attached hydrogens (tertiary/aromatic N) is 1. The zero-order valence-corrected chi connectivity index (χ0v) is 18.1. The van der Waals surface area contributed by atoms with Crippen LogP contribution in [0.3, 0.4) is 0 Å². The normalized spacial score (nSPS) is 19.5. The summed E-state index contributed by atoms with van der Waals surface area (Å²) in [5.41, 5.74) is 3.94. The summed E-state index contributed by atoms with van der Waals surface area (Å²) in [5.74, 6) is 0.897. The van der Waals surface area contributed by atoms with Crippen LogP contribution in [0.25, 0.3) is 0 Å². The lowest BCUT2D eigenvalue weighted by Gasteiger charge is -2.19. The second-order valence-electron chi connectivity index (χ2n) is 8.28. The monoisotopic (exact) mass is 420 g/mol. The molecule has 1 amide bonds. The third-order valence-corrected chi connectivity index (χ3v) is 6.76. The summed E-state index contributed by atoms with van der Waals surface area (Å²) in [6.07, 6.45) is 4.24. The van der Waals surface area contributed by atoms with Crippen LogP contribution in [0.5, 0.6) is 0 Å². The number of thiazole rings is 1. The minimum atomic E-state index is -0.365. The average Bonchev–Trinajstić information content (AvgIpc) is 3.38. The molecule has 2 N–H and O–H groups in total. The van der Waals surface area contributed by atoms with Crippen molar-refractivity contribution < 1.29 is 9.90 Å². The van der Waals surface area contributed by atoms with E-state index in [1.54, 1.807) is 11.3 Å². The molecule has 1 aliphatic carbocycles. The number of benzene rings is 2. The van der Waals surface area contributed by atoms with Crippen molar-refractivity contribution in [3.05, 3.63) is 81.8 Å². The molecular formula is C25H28N2O2S. The molecule has 1 aromatic heterocycles. The number of nitrogens with one attached hydrogen (secondary N) is 1. The second-order valence-corrected chi connectivity index (χ2v) is 9.34. The van der Waals surface area contributed by atoms with Crippen LogP contribution in [-0.2, 0) is 17.6 Å². The van der Waals surface area contributed by atoms with Crippen molar-refractivity contribution in [1.82, 2.24) is 4.98 Å². The molecular weight excluding hydrogens is 392 g/mol. The summed E-state index contributed by atoms with van der Waals surface area (Å²) in [5, 5.41) is 16.6. The van der Waals surface area contributed by atoms with Crippen LogP contribution in [0, 0.1) is 18.8 Å². The van der Waals surface area contributed by atoms with E-state index in [0.717, 1.165) is 47.6 Å². The maximum absolute atomic E-state index is 12.2. The number of aryl methyl sites for hydroxylation is 1. The Morgan fingerprint density at radius 1 is 1.17 bits per heavy atom. The highest BCUT2D eigenvalue weighted by Gasteiger charge is 2.30. The third kappa shape index (κ3) is 5.35. The van der Waals surface area contributed by atoms with Crippen LogP contribution in [0.4, 0.5) is 5.69 Å². The summed E-state index contributed by atoms with van der Waals surface area (Å²) in [7, 11) is 0. The largest absolute Gasteiger partial charge is 0.388 e. The summed E-state index contributed by atoms with van der Waals surface area (Å²) in [4.78, 5) is 16.5. The molecule has 4 nitrogen and oxygen atoms in total. The van der Waals surface area contributed by atoms with Crippen molar-refractivity contribution in [2.75, 3.05) is 5.32 Å². The lowest BCUT2D eigenvalue weighted by atomic mass is 9.91. The highest BCUT2D eigenvalue weighted by molar-refractivity contribution is 7.09. The fourth-order valence-corrected chi connectivity index (χ4v) is 5.04. The van der Waals surface area contributed by atoms with Crippen molar-refractivity contribution >= 4 is 22.9 Å². The van der Waals surface area contributed by atoms with Crippen LogP contribution in [-0.4, -0.2) is 16.0 Å². The minimum absolute atomic E-state index is 0.0402. The fraction of sp³-hybridized carbons (Fsp3) is 0.360. The molecule has 0 aliphatic heterocycles. The van der Waals surface area contributed by atoms with Crippen LogP contribution in [0.2, 0.25) is 0 Å². The molecule has 1 aliphatic rings. The fourth-order valence-electron chi connectivity index (χ4n) is 4.42. The van der Waals surface area contributed by atoms with Gasteiger partial charge >= 0.3 is 0 Å². The van der Waals surface area contributed by atoms with Crippen LogP contribution in [0.15, 0.2) is 60.0 Å². The SMILES string of the molecule is Cc1nc(CC(=O)Nc2ccc(C[C@@H]3CC[C@H]([C@H](O)c4ccccc4)C3)cc2)cs1. The summed E-state index contributed by atoms with van der Waals surface area (Å²) in [6.45, 7) is 1.94. The van der Waals surface area contributed by atoms with Gasteiger partial charge in [-0.05, 0) is 67.7 Å². The topological polar surface area (TPSA) is 62.2 Å². The minimum Gasteiger partial charge on any atom is -0.388 e. The Hall–Kier alpha value is -2.50. The number of aliphatic hydroxyl groups excluding tert-OH is 1. The van der Waals surface area contributed by atoms with E-state index in [1.807, 2.05) is 54.8 Å². The molecule has 2 aromatic carbocycles. The number of rotatable bonds is 7. The van der Waals surface area contributed by atoms with Crippen molar-refractivity contribution in [2.24, 2.45) is 11.8 Å². The van der Waals surface area contributed by atoms with Crippen molar-refractivity contribution in [3.8, 4) is 0 Å². The van der Waals surface area contributed by atoms with E-state index >= 15 is 0 Å². The second kappa shape index (κ2) is 9.54. The van der Waals surface area contributed by atoms with E-state index < -0.39 is 0 Å². The molecule has 1 fully saturated rings. The number of hydrogen-bond acceptors (Lipinski definition) is 4. The maximum Gasteiger partial charge on any atom is 0.230 e. The number of aliphatic hydroxyl groups is 1. The van der Waals surface area contributed by atoms with E-state index in [2.05, 4.69) is 22.4 Å². The Bertz CT molecular complexity index is 968. The maximum atomic E-state index is 12.2. The predicted octanol–water partition coefficient (Wildman–Crippen LogP) is 5.33. The molecule has 0 saturated heterocycles. The van der Waals surface area contributed by atoms with E-state index in [4.69, 9.17) is 0 Å². The molecule has 0 bridgehead atoms. The van der Waals surface area contributed by atoms with E-state index in [0.29, 0.717) is 18.3 Å². The third-order valence-electron chi connectivity index (χ3n) is 5.94.